The highest BCUT2D eigenvalue weighted by molar-refractivity contribution is 6.37. The first kappa shape index (κ1) is 30.0. The number of rotatable bonds is 8. The van der Waals surface area contributed by atoms with Gasteiger partial charge in [0.2, 0.25) is 0 Å². The third kappa shape index (κ3) is 5.25. The topological polar surface area (TPSA) is 26.4 Å². The Kier molecular flexibility index (Phi) is 8.44. The molecule has 2 aliphatic rings. The highest BCUT2D eigenvalue weighted by atomic mass is 35.5. The van der Waals surface area contributed by atoms with Crippen LogP contribution in [0.2, 0.25) is 10.0 Å². The molecule has 5 heteroatoms. The number of hydrogen-bond acceptors (Lipinski definition) is 1. The molecule has 0 amide bonds. The maximum Gasteiger partial charge on any atom is 0.184 e. The number of nitrogens with zero attached hydrogens (tertiary/aromatic N) is 1. The second-order valence-electron chi connectivity index (χ2n) is 12.4. The minimum atomic E-state index is 0.165. The fourth-order valence-corrected chi connectivity index (χ4v) is 7.80. The summed E-state index contributed by atoms with van der Waals surface area (Å²) in [6.45, 7) is 6.40. The van der Waals surface area contributed by atoms with Gasteiger partial charge >= 0.3 is 0 Å². The average molecular weight is 635 g/mol. The molecule has 1 aromatic heterocycles. The van der Waals surface area contributed by atoms with Crippen LogP contribution in [0.25, 0.3) is 44.2 Å². The maximum absolute atomic E-state index is 13.9. The number of halogens is 2. The zero-order chi connectivity index (χ0) is 31.1. The molecule has 1 fully saturated rings. The van der Waals surface area contributed by atoms with Gasteiger partial charge in [0, 0.05) is 66.7 Å². The van der Waals surface area contributed by atoms with E-state index in [9.17, 15) is 4.79 Å². The van der Waals surface area contributed by atoms with Gasteiger partial charge in [0.15, 0.2) is 5.78 Å². The van der Waals surface area contributed by atoms with Gasteiger partial charge in [-0.3, -0.25) is 9.69 Å². The Morgan fingerprint density at radius 2 is 1.42 bits per heavy atom. The fourth-order valence-electron chi connectivity index (χ4n) is 7.35. The normalized spacial score (nSPS) is 19.9. The third-order valence-electron chi connectivity index (χ3n) is 9.64. The summed E-state index contributed by atoms with van der Waals surface area (Å²) in [5, 5.41) is 8.52. The first-order valence-electron chi connectivity index (χ1n) is 16.5. The van der Waals surface area contributed by atoms with E-state index in [1.165, 1.54) is 43.5 Å². The van der Waals surface area contributed by atoms with Crippen molar-refractivity contribution in [3.8, 4) is 0 Å². The number of ketones is 1. The van der Waals surface area contributed by atoms with Gasteiger partial charge in [-0.15, -0.1) is 0 Å². The summed E-state index contributed by atoms with van der Waals surface area (Å²) in [6.07, 6.45) is 15.6. The average Bonchev–Trinajstić information content (AvgIpc) is 3.53. The zero-order valence-electron chi connectivity index (χ0n) is 26.1. The molecule has 1 atom stereocenters. The van der Waals surface area contributed by atoms with Crippen molar-refractivity contribution in [1.29, 1.82) is 0 Å². The monoisotopic (exact) mass is 633 g/mol. The van der Waals surface area contributed by atoms with Crippen molar-refractivity contribution in [2.75, 3.05) is 6.54 Å². The number of carbonyl (C=O) groups is 1. The lowest BCUT2D eigenvalue weighted by atomic mass is 9.88. The van der Waals surface area contributed by atoms with Crippen LogP contribution in [0.15, 0.2) is 90.0 Å². The second-order valence-corrected chi connectivity index (χ2v) is 13.2. The summed E-state index contributed by atoms with van der Waals surface area (Å²) >= 11 is 13.2. The van der Waals surface area contributed by atoms with Crippen LogP contribution in [0.4, 0.5) is 5.69 Å². The maximum atomic E-state index is 13.9. The van der Waals surface area contributed by atoms with Crippen molar-refractivity contribution in [2.24, 2.45) is 0 Å². The lowest BCUT2D eigenvalue weighted by molar-refractivity contribution is -0.749. The lowest BCUT2D eigenvalue weighted by Crippen LogP contribution is -3.03. The number of allylic oxidation sites excluding steroid dienone is 5. The van der Waals surface area contributed by atoms with Crippen molar-refractivity contribution in [2.45, 2.75) is 65.3 Å². The van der Waals surface area contributed by atoms with E-state index in [1.54, 1.807) is 0 Å². The van der Waals surface area contributed by atoms with Gasteiger partial charge < -0.3 is 4.57 Å². The minimum Gasteiger partial charge on any atom is -0.340 e. The van der Waals surface area contributed by atoms with E-state index in [-0.39, 0.29) is 5.78 Å². The predicted octanol–water partition coefficient (Wildman–Crippen LogP) is 9.53. The first-order chi connectivity index (χ1) is 22.0. The number of quaternary nitrogens is 1. The van der Waals surface area contributed by atoms with Crippen LogP contribution in [-0.4, -0.2) is 16.9 Å². The Labute approximate surface area is 275 Å². The van der Waals surface area contributed by atoms with E-state index >= 15 is 0 Å². The Balaban J connectivity index is 1.28. The summed E-state index contributed by atoms with van der Waals surface area (Å²) in [4.78, 5) is 15.3. The van der Waals surface area contributed by atoms with Gasteiger partial charge in [0.05, 0.1) is 11.9 Å². The first-order valence-corrected chi connectivity index (χ1v) is 17.2. The standard InChI is InChI=1S/C40H38Cl2N2O/c1-3-5-24-43-34(30-14-8-12-28-32(41)18-22-36(43)38(28)30)20-16-26-10-7-11-27(40(26)45)17-21-35-31-15-9-13-29-33(42)19-23-37(39(29)31)44(35)25-6-4-2/h8-9,12-23H,3-7,10-11,24-25H2,1-2H3/p+1/b26-16+,27-17?,34-20+,35-21?. The molecule has 228 valence electrons. The Morgan fingerprint density at radius 1 is 0.756 bits per heavy atom. The van der Waals surface area contributed by atoms with E-state index in [1.807, 2.05) is 12.1 Å². The molecule has 3 nitrogen and oxygen atoms in total. The molecule has 0 radical (unpaired) electrons. The van der Waals surface area contributed by atoms with Crippen molar-refractivity contribution in [3.05, 3.63) is 111 Å². The van der Waals surface area contributed by atoms with Crippen molar-refractivity contribution in [3.63, 3.8) is 0 Å². The van der Waals surface area contributed by atoms with Crippen molar-refractivity contribution >= 4 is 78.9 Å². The largest absolute Gasteiger partial charge is 0.340 e. The summed E-state index contributed by atoms with van der Waals surface area (Å²) in [5.74, 6) is 0.165. The Bertz CT molecular complexity index is 2110. The molecular formula is C40H39Cl2N2O+. The van der Waals surface area contributed by atoms with Crippen LogP contribution < -0.4 is 10.2 Å². The molecule has 0 saturated heterocycles. The number of unbranched alkanes of at least 4 members (excludes halogenated alkanes) is 2. The molecule has 45 heavy (non-hydrogen) atoms. The fraction of sp³-hybridized carbons (Fsp3) is 0.275. The van der Waals surface area contributed by atoms with Crippen LogP contribution in [0.5, 0.6) is 0 Å². The van der Waals surface area contributed by atoms with E-state index in [0.29, 0.717) is 0 Å². The zero-order valence-corrected chi connectivity index (χ0v) is 27.6. The van der Waals surface area contributed by atoms with Crippen LogP contribution >= 0.6 is 23.2 Å². The number of nitrogens with one attached hydrogen (secondary N) is 1. The summed E-state index contributed by atoms with van der Waals surface area (Å²) in [7, 11) is 0. The molecule has 1 aliphatic carbocycles. The SMILES string of the molecule is CCCCn1c(=CC=C2CCC/C(=C\C=C3/c4cccc5c(Cl)ccc(c45)[NH+]3CCCC)C2=O)c2cccc3c(Cl)ccc1c32. The highest BCUT2D eigenvalue weighted by Gasteiger charge is 2.32. The number of Topliss-reactive ketones (excluding diaryl/α,β-unsaturated/α-hetero) is 1. The van der Waals surface area contributed by atoms with E-state index in [2.05, 4.69) is 91.2 Å². The summed E-state index contributed by atoms with van der Waals surface area (Å²) in [5.41, 5.74) is 6.71. The van der Waals surface area contributed by atoms with Gasteiger partial charge in [0.25, 0.3) is 0 Å². The van der Waals surface area contributed by atoms with Crippen molar-refractivity contribution < 1.29 is 9.69 Å². The molecule has 1 unspecified atom stereocenters. The third-order valence-corrected chi connectivity index (χ3v) is 10.3. The van der Waals surface area contributed by atoms with Gasteiger partial charge in [-0.05, 0) is 79.7 Å². The molecule has 1 aliphatic heterocycles. The Morgan fingerprint density at radius 3 is 2.18 bits per heavy atom. The van der Waals surface area contributed by atoms with Crippen LogP contribution in [0, 0.1) is 0 Å². The Hall–Kier alpha value is -3.63. The molecule has 4 aromatic carbocycles. The molecule has 0 spiro atoms. The molecule has 7 rings (SSSR count). The summed E-state index contributed by atoms with van der Waals surface area (Å²) < 4.78 is 2.40. The van der Waals surface area contributed by atoms with Gasteiger partial charge in [-0.25, -0.2) is 0 Å². The highest BCUT2D eigenvalue weighted by Crippen LogP contribution is 2.38. The van der Waals surface area contributed by atoms with Gasteiger partial charge in [-0.1, -0.05) is 86.3 Å². The molecule has 5 aromatic rings. The van der Waals surface area contributed by atoms with Crippen LogP contribution in [0.1, 0.15) is 64.4 Å². The molecular weight excluding hydrogens is 595 g/mol. The minimum absolute atomic E-state index is 0.165. The van der Waals surface area contributed by atoms with Gasteiger partial charge in [0.1, 0.15) is 11.4 Å². The lowest BCUT2D eigenvalue weighted by Gasteiger charge is -2.17. The van der Waals surface area contributed by atoms with Crippen LogP contribution in [0.3, 0.4) is 0 Å². The number of aromatic nitrogens is 1. The van der Waals surface area contributed by atoms with E-state index in [4.69, 9.17) is 23.2 Å². The molecule has 2 heterocycles. The number of benzene rings is 4. The van der Waals surface area contributed by atoms with E-state index < -0.39 is 0 Å². The number of carbonyl (C=O) groups excluding carboxylic acids is 1. The number of hydrogen-bond donors (Lipinski definition) is 1. The quantitative estimate of drug-likeness (QED) is 0.169. The predicted molar refractivity (Wildman–Crippen MR) is 191 cm³/mol. The van der Waals surface area contributed by atoms with Gasteiger partial charge in [-0.2, -0.15) is 0 Å². The smallest absolute Gasteiger partial charge is 0.184 e. The van der Waals surface area contributed by atoms with E-state index in [0.717, 1.165) is 95.3 Å². The molecule has 1 saturated carbocycles. The number of aryl methyl sites for hydroxylation is 1. The second kappa shape index (κ2) is 12.6. The molecule has 1 N–H and O–H groups in total. The van der Waals surface area contributed by atoms with Crippen molar-refractivity contribution in [1.82, 2.24) is 4.57 Å². The van der Waals surface area contributed by atoms with Crippen LogP contribution in [-0.2, 0) is 11.3 Å². The summed E-state index contributed by atoms with van der Waals surface area (Å²) in [6, 6.07) is 21.1. The molecule has 0 bridgehead atoms.